The van der Waals surface area contributed by atoms with Gasteiger partial charge in [-0.2, -0.15) is 5.10 Å². The summed E-state index contributed by atoms with van der Waals surface area (Å²) >= 11 is 0. The fraction of sp³-hybridized carbons (Fsp3) is 0.105. The van der Waals surface area contributed by atoms with Crippen LogP contribution in [0.4, 0.5) is 0 Å². The first-order valence-electron chi connectivity index (χ1n) is 7.94. The molecule has 25 heavy (non-hydrogen) atoms. The number of carbonyl (C=O) groups excluding carboxylic acids is 1. The Labute approximate surface area is 143 Å². The van der Waals surface area contributed by atoms with Crippen LogP contribution in [0.3, 0.4) is 0 Å². The zero-order valence-electron chi connectivity index (χ0n) is 13.6. The molecule has 0 radical (unpaired) electrons. The second kappa shape index (κ2) is 5.90. The van der Waals surface area contributed by atoms with Crippen LogP contribution in [-0.2, 0) is 13.6 Å². The number of aryl methyl sites for hydroxylation is 1. The van der Waals surface area contributed by atoms with Crippen LogP contribution in [0.2, 0.25) is 0 Å². The SMILES string of the molecule is Cn1nc(CNC(=O)c2cc3ccccc3[nH]2)c2ccccc2c1=O. The summed E-state index contributed by atoms with van der Waals surface area (Å²) in [5.41, 5.74) is 1.91. The fourth-order valence-corrected chi connectivity index (χ4v) is 2.96. The minimum absolute atomic E-state index is 0.152. The van der Waals surface area contributed by atoms with E-state index < -0.39 is 0 Å². The molecule has 0 unspecified atom stereocenters. The van der Waals surface area contributed by atoms with Crippen molar-refractivity contribution in [2.24, 2.45) is 7.05 Å². The van der Waals surface area contributed by atoms with Gasteiger partial charge in [0, 0.05) is 23.3 Å². The molecule has 0 aliphatic heterocycles. The Morgan fingerprint density at radius 1 is 1.12 bits per heavy atom. The van der Waals surface area contributed by atoms with Gasteiger partial charge in [0.2, 0.25) is 0 Å². The third-order valence-corrected chi connectivity index (χ3v) is 4.22. The molecule has 2 aromatic heterocycles. The van der Waals surface area contributed by atoms with Crippen molar-refractivity contribution < 1.29 is 4.79 Å². The standard InChI is InChI=1S/C19H16N4O2/c1-23-19(25)14-8-4-3-7-13(14)17(22-23)11-20-18(24)16-10-12-6-2-5-9-15(12)21-16/h2-10,21H,11H2,1H3,(H,20,24). The molecule has 0 aliphatic rings. The first-order chi connectivity index (χ1) is 12.1. The maximum atomic E-state index is 12.4. The Bertz CT molecular complexity index is 1120. The number of para-hydroxylation sites is 1. The van der Waals surface area contributed by atoms with Crippen molar-refractivity contribution in [2.45, 2.75) is 6.54 Å². The third kappa shape index (κ3) is 2.67. The van der Waals surface area contributed by atoms with Crippen LogP contribution >= 0.6 is 0 Å². The van der Waals surface area contributed by atoms with Gasteiger partial charge in [0.1, 0.15) is 5.69 Å². The van der Waals surface area contributed by atoms with E-state index in [0.29, 0.717) is 16.8 Å². The summed E-state index contributed by atoms with van der Waals surface area (Å²) in [6, 6.07) is 16.8. The molecular formula is C19H16N4O2. The molecule has 6 heteroatoms. The predicted molar refractivity (Wildman–Crippen MR) is 96.5 cm³/mol. The van der Waals surface area contributed by atoms with Crippen LogP contribution in [0, 0.1) is 0 Å². The van der Waals surface area contributed by atoms with Crippen LogP contribution in [0.15, 0.2) is 59.4 Å². The van der Waals surface area contributed by atoms with Crippen molar-refractivity contribution in [2.75, 3.05) is 0 Å². The van der Waals surface area contributed by atoms with Gasteiger partial charge >= 0.3 is 0 Å². The van der Waals surface area contributed by atoms with Gasteiger partial charge in [-0.25, -0.2) is 4.68 Å². The van der Waals surface area contributed by atoms with Crippen LogP contribution in [0.25, 0.3) is 21.7 Å². The zero-order chi connectivity index (χ0) is 17.4. The van der Waals surface area contributed by atoms with Gasteiger partial charge in [-0.05, 0) is 18.2 Å². The maximum absolute atomic E-state index is 12.4. The second-order valence-corrected chi connectivity index (χ2v) is 5.87. The number of H-pyrrole nitrogens is 1. The Hall–Kier alpha value is -3.41. The number of benzene rings is 2. The molecule has 2 heterocycles. The number of hydrogen-bond acceptors (Lipinski definition) is 3. The zero-order valence-corrected chi connectivity index (χ0v) is 13.6. The lowest BCUT2D eigenvalue weighted by Crippen LogP contribution is -2.27. The topological polar surface area (TPSA) is 79.8 Å². The molecule has 0 spiro atoms. The number of aromatic amines is 1. The van der Waals surface area contributed by atoms with E-state index in [4.69, 9.17) is 0 Å². The molecule has 0 saturated carbocycles. The second-order valence-electron chi connectivity index (χ2n) is 5.87. The molecule has 0 saturated heterocycles. The first-order valence-corrected chi connectivity index (χ1v) is 7.94. The highest BCUT2D eigenvalue weighted by Gasteiger charge is 2.12. The van der Waals surface area contributed by atoms with Crippen LogP contribution in [-0.4, -0.2) is 20.7 Å². The van der Waals surface area contributed by atoms with E-state index in [2.05, 4.69) is 15.4 Å². The minimum atomic E-state index is -0.212. The molecule has 2 aromatic carbocycles. The molecule has 0 bridgehead atoms. The predicted octanol–water partition coefficient (Wildman–Crippen LogP) is 2.34. The largest absolute Gasteiger partial charge is 0.351 e. The average molecular weight is 332 g/mol. The lowest BCUT2D eigenvalue weighted by molar-refractivity contribution is 0.0946. The highest BCUT2D eigenvalue weighted by molar-refractivity contribution is 5.98. The van der Waals surface area contributed by atoms with Crippen molar-refractivity contribution in [1.82, 2.24) is 20.1 Å². The number of nitrogens with zero attached hydrogens (tertiary/aromatic N) is 2. The van der Waals surface area contributed by atoms with Crippen LogP contribution in [0.1, 0.15) is 16.2 Å². The molecular weight excluding hydrogens is 316 g/mol. The van der Waals surface area contributed by atoms with Gasteiger partial charge in [0.15, 0.2) is 0 Å². The molecule has 1 amide bonds. The van der Waals surface area contributed by atoms with Gasteiger partial charge in [0.05, 0.1) is 17.6 Å². The summed E-state index contributed by atoms with van der Waals surface area (Å²) in [6.45, 7) is 0.239. The average Bonchev–Trinajstić information content (AvgIpc) is 3.07. The molecule has 0 atom stereocenters. The number of fused-ring (bicyclic) bond motifs is 2. The molecule has 124 valence electrons. The van der Waals surface area contributed by atoms with Crippen molar-refractivity contribution in [3.05, 3.63) is 76.3 Å². The Morgan fingerprint density at radius 3 is 2.64 bits per heavy atom. The Balaban J connectivity index is 1.63. The fourth-order valence-electron chi connectivity index (χ4n) is 2.96. The Morgan fingerprint density at radius 2 is 1.84 bits per heavy atom. The maximum Gasteiger partial charge on any atom is 0.274 e. The number of aromatic nitrogens is 3. The van der Waals surface area contributed by atoms with Gasteiger partial charge in [-0.3, -0.25) is 9.59 Å². The monoisotopic (exact) mass is 332 g/mol. The number of carbonyl (C=O) groups is 1. The van der Waals surface area contributed by atoms with Crippen molar-refractivity contribution in [3.63, 3.8) is 0 Å². The molecule has 0 fully saturated rings. The Kier molecular flexibility index (Phi) is 3.57. The molecule has 4 aromatic rings. The van der Waals surface area contributed by atoms with Crippen molar-refractivity contribution >= 4 is 27.6 Å². The van der Waals surface area contributed by atoms with Crippen LogP contribution < -0.4 is 10.9 Å². The van der Waals surface area contributed by atoms with E-state index in [1.165, 1.54) is 4.68 Å². The van der Waals surface area contributed by atoms with Crippen LogP contribution in [0.5, 0.6) is 0 Å². The number of hydrogen-bond donors (Lipinski definition) is 2. The van der Waals surface area contributed by atoms with E-state index in [1.807, 2.05) is 48.5 Å². The smallest absolute Gasteiger partial charge is 0.274 e. The summed E-state index contributed by atoms with van der Waals surface area (Å²) in [6.07, 6.45) is 0. The van der Waals surface area contributed by atoms with E-state index in [0.717, 1.165) is 16.3 Å². The third-order valence-electron chi connectivity index (χ3n) is 4.22. The van der Waals surface area contributed by atoms with Crippen molar-refractivity contribution in [1.29, 1.82) is 0 Å². The quantitative estimate of drug-likeness (QED) is 0.604. The highest BCUT2D eigenvalue weighted by Crippen LogP contribution is 2.15. The molecule has 0 aliphatic carbocycles. The van der Waals surface area contributed by atoms with Crippen molar-refractivity contribution in [3.8, 4) is 0 Å². The first kappa shape index (κ1) is 15.1. The lowest BCUT2D eigenvalue weighted by Gasteiger charge is -2.09. The molecule has 4 rings (SSSR count). The number of amides is 1. The van der Waals surface area contributed by atoms with E-state index >= 15 is 0 Å². The summed E-state index contributed by atoms with van der Waals surface area (Å²) < 4.78 is 1.30. The number of nitrogens with one attached hydrogen (secondary N) is 2. The summed E-state index contributed by atoms with van der Waals surface area (Å²) in [7, 11) is 1.61. The molecule has 2 N–H and O–H groups in total. The summed E-state index contributed by atoms with van der Waals surface area (Å²) in [5.74, 6) is -0.212. The van der Waals surface area contributed by atoms with E-state index in [-0.39, 0.29) is 18.0 Å². The van der Waals surface area contributed by atoms with Gasteiger partial charge in [-0.15, -0.1) is 0 Å². The van der Waals surface area contributed by atoms with Gasteiger partial charge in [-0.1, -0.05) is 36.4 Å². The number of rotatable bonds is 3. The summed E-state index contributed by atoms with van der Waals surface area (Å²) in [4.78, 5) is 27.7. The highest BCUT2D eigenvalue weighted by atomic mass is 16.2. The van der Waals surface area contributed by atoms with Gasteiger partial charge in [0.25, 0.3) is 11.5 Å². The normalized spacial score (nSPS) is 11.1. The molecule has 6 nitrogen and oxygen atoms in total. The van der Waals surface area contributed by atoms with E-state index in [1.54, 1.807) is 13.1 Å². The minimum Gasteiger partial charge on any atom is -0.351 e. The van der Waals surface area contributed by atoms with E-state index in [9.17, 15) is 9.59 Å². The summed E-state index contributed by atoms with van der Waals surface area (Å²) in [5, 5.41) is 9.48. The lowest BCUT2D eigenvalue weighted by atomic mass is 10.1. The van der Waals surface area contributed by atoms with Gasteiger partial charge < -0.3 is 10.3 Å².